The third kappa shape index (κ3) is 3.87. The van der Waals surface area contributed by atoms with Crippen molar-refractivity contribution >= 4 is 35.0 Å². The first-order valence-electron chi connectivity index (χ1n) is 8.41. The lowest BCUT2D eigenvalue weighted by molar-refractivity contribution is -0.118. The van der Waals surface area contributed by atoms with Gasteiger partial charge in [0.15, 0.2) is 0 Å². The molecule has 25 heavy (non-hydrogen) atoms. The fourth-order valence-corrected chi connectivity index (χ4v) is 4.09. The molecule has 0 radical (unpaired) electrons. The van der Waals surface area contributed by atoms with Crippen molar-refractivity contribution in [3.8, 4) is 0 Å². The van der Waals surface area contributed by atoms with Crippen LogP contribution < -0.4 is 10.2 Å². The summed E-state index contributed by atoms with van der Waals surface area (Å²) in [4.78, 5) is 27.0. The van der Waals surface area contributed by atoms with Crippen molar-refractivity contribution in [3.05, 3.63) is 54.1 Å². The van der Waals surface area contributed by atoms with Crippen molar-refractivity contribution in [2.24, 2.45) is 0 Å². The minimum atomic E-state index is -0.180. The molecular weight excluding hydrogens is 332 g/mol. The van der Waals surface area contributed by atoms with Gasteiger partial charge in [-0.25, -0.2) is 0 Å². The van der Waals surface area contributed by atoms with Gasteiger partial charge in [0.05, 0.1) is 5.25 Å². The highest BCUT2D eigenvalue weighted by Gasteiger charge is 2.33. The number of nitrogens with zero attached hydrogens (tertiary/aromatic N) is 1. The average Bonchev–Trinajstić information content (AvgIpc) is 2.91. The van der Waals surface area contributed by atoms with Crippen molar-refractivity contribution < 1.29 is 9.59 Å². The van der Waals surface area contributed by atoms with Gasteiger partial charge in [0.2, 0.25) is 11.8 Å². The van der Waals surface area contributed by atoms with Crippen LogP contribution in [0.2, 0.25) is 0 Å². The highest BCUT2D eigenvalue weighted by molar-refractivity contribution is 8.00. The number of hydrogen-bond donors (Lipinski definition) is 1. The Labute approximate surface area is 152 Å². The highest BCUT2D eigenvalue weighted by atomic mass is 32.2. The van der Waals surface area contributed by atoms with Crippen LogP contribution in [-0.2, 0) is 16.0 Å². The van der Waals surface area contributed by atoms with E-state index in [1.807, 2.05) is 54.3 Å². The number of thioether (sulfide) groups is 1. The van der Waals surface area contributed by atoms with E-state index < -0.39 is 0 Å². The predicted molar refractivity (Wildman–Crippen MR) is 103 cm³/mol. The van der Waals surface area contributed by atoms with Gasteiger partial charge >= 0.3 is 0 Å². The Balaban J connectivity index is 1.70. The van der Waals surface area contributed by atoms with Crippen LogP contribution in [0.1, 0.15) is 26.3 Å². The molecule has 4 nitrogen and oxygen atoms in total. The Kier molecular flexibility index (Phi) is 5.13. The number of benzene rings is 2. The normalized spacial score (nSPS) is 17.1. The highest BCUT2D eigenvalue weighted by Crippen LogP contribution is 2.35. The number of para-hydroxylation sites is 1. The molecule has 1 heterocycles. The lowest BCUT2D eigenvalue weighted by Crippen LogP contribution is -2.40. The molecule has 0 aliphatic carbocycles. The SMILES string of the molecule is CC(=O)Nc1ccc(SC(C)C(=O)N2c3ccccc3CC2C)cc1. The molecule has 130 valence electrons. The summed E-state index contributed by atoms with van der Waals surface area (Å²) < 4.78 is 0. The molecule has 0 bridgehead atoms. The molecule has 5 heteroatoms. The molecule has 0 saturated heterocycles. The number of rotatable bonds is 4. The van der Waals surface area contributed by atoms with Crippen LogP contribution in [0.5, 0.6) is 0 Å². The minimum Gasteiger partial charge on any atom is -0.326 e. The van der Waals surface area contributed by atoms with E-state index in [0.717, 1.165) is 22.7 Å². The van der Waals surface area contributed by atoms with Crippen molar-refractivity contribution in [3.63, 3.8) is 0 Å². The summed E-state index contributed by atoms with van der Waals surface area (Å²) >= 11 is 1.54. The van der Waals surface area contributed by atoms with Gasteiger partial charge in [-0.05, 0) is 56.2 Å². The third-order valence-electron chi connectivity index (χ3n) is 4.28. The summed E-state index contributed by atoms with van der Waals surface area (Å²) in [6.07, 6.45) is 0.907. The van der Waals surface area contributed by atoms with Gasteiger partial charge in [-0.3, -0.25) is 9.59 Å². The van der Waals surface area contributed by atoms with E-state index >= 15 is 0 Å². The van der Waals surface area contributed by atoms with Gasteiger partial charge in [-0.2, -0.15) is 0 Å². The number of carbonyl (C=O) groups is 2. The molecule has 2 atom stereocenters. The molecule has 0 spiro atoms. The van der Waals surface area contributed by atoms with Crippen molar-refractivity contribution in [2.45, 2.75) is 43.4 Å². The van der Waals surface area contributed by atoms with E-state index in [0.29, 0.717) is 0 Å². The molecule has 0 saturated carbocycles. The Hall–Kier alpha value is -2.27. The van der Waals surface area contributed by atoms with Crippen LogP contribution in [-0.4, -0.2) is 23.1 Å². The standard InChI is InChI=1S/C20H22N2O2S/c1-13-12-16-6-4-5-7-19(16)22(13)20(24)14(2)25-18-10-8-17(9-11-18)21-15(3)23/h4-11,13-14H,12H2,1-3H3,(H,21,23). The zero-order chi connectivity index (χ0) is 18.0. The molecule has 1 aliphatic heterocycles. The zero-order valence-electron chi connectivity index (χ0n) is 14.7. The first kappa shape index (κ1) is 17.5. The molecule has 2 aromatic carbocycles. The first-order valence-corrected chi connectivity index (χ1v) is 9.29. The Bertz CT molecular complexity index is 789. The molecule has 0 aromatic heterocycles. The van der Waals surface area contributed by atoms with Crippen LogP contribution in [0.4, 0.5) is 11.4 Å². The largest absolute Gasteiger partial charge is 0.326 e. The molecule has 0 fully saturated rings. The number of fused-ring (bicyclic) bond motifs is 1. The molecule has 3 rings (SSSR count). The van der Waals surface area contributed by atoms with E-state index in [-0.39, 0.29) is 23.1 Å². The first-order chi connectivity index (χ1) is 12.0. The monoisotopic (exact) mass is 354 g/mol. The lowest BCUT2D eigenvalue weighted by atomic mass is 10.1. The van der Waals surface area contributed by atoms with Crippen LogP contribution >= 0.6 is 11.8 Å². The minimum absolute atomic E-state index is 0.0920. The fraction of sp³-hybridized carbons (Fsp3) is 0.300. The van der Waals surface area contributed by atoms with Crippen molar-refractivity contribution in [1.82, 2.24) is 0 Å². The lowest BCUT2D eigenvalue weighted by Gasteiger charge is -2.26. The van der Waals surface area contributed by atoms with Crippen LogP contribution in [0, 0.1) is 0 Å². The van der Waals surface area contributed by atoms with E-state index in [4.69, 9.17) is 0 Å². The summed E-state index contributed by atoms with van der Waals surface area (Å²) in [5, 5.41) is 2.57. The number of anilines is 2. The number of amides is 2. The Morgan fingerprint density at radius 1 is 1.16 bits per heavy atom. The number of carbonyl (C=O) groups excluding carboxylic acids is 2. The summed E-state index contributed by atoms with van der Waals surface area (Å²) in [6.45, 7) is 5.53. The van der Waals surface area contributed by atoms with E-state index in [2.05, 4.69) is 18.3 Å². The summed E-state index contributed by atoms with van der Waals surface area (Å²) in [5.74, 6) is 0.0408. The van der Waals surface area contributed by atoms with Gasteiger partial charge in [-0.15, -0.1) is 11.8 Å². The second-order valence-electron chi connectivity index (χ2n) is 6.36. The van der Waals surface area contributed by atoms with Gasteiger partial charge < -0.3 is 10.2 Å². The van der Waals surface area contributed by atoms with Gasteiger partial charge in [0.25, 0.3) is 0 Å². The van der Waals surface area contributed by atoms with E-state index in [1.54, 1.807) is 0 Å². The fourth-order valence-electron chi connectivity index (χ4n) is 3.17. The zero-order valence-corrected chi connectivity index (χ0v) is 15.5. The third-order valence-corrected chi connectivity index (χ3v) is 5.38. The molecule has 2 aromatic rings. The molecular formula is C20H22N2O2S. The van der Waals surface area contributed by atoms with Crippen molar-refractivity contribution in [2.75, 3.05) is 10.2 Å². The molecule has 1 aliphatic rings. The van der Waals surface area contributed by atoms with Crippen LogP contribution in [0.3, 0.4) is 0 Å². The second-order valence-corrected chi connectivity index (χ2v) is 7.77. The smallest absolute Gasteiger partial charge is 0.240 e. The Morgan fingerprint density at radius 2 is 1.84 bits per heavy atom. The molecule has 2 amide bonds. The van der Waals surface area contributed by atoms with Gasteiger partial charge in [0, 0.05) is 29.2 Å². The molecule has 1 N–H and O–H groups in total. The maximum absolute atomic E-state index is 13.0. The summed E-state index contributed by atoms with van der Waals surface area (Å²) in [5.41, 5.74) is 3.03. The topological polar surface area (TPSA) is 49.4 Å². The van der Waals surface area contributed by atoms with Gasteiger partial charge in [-0.1, -0.05) is 18.2 Å². The number of hydrogen-bond acceptors (Lipinski definition) is 3. The van der Waals surface area contributed by atoms with Gasteiger partial charge in [0.1, 0.15) is 0 Å². The van der Waals surface area contributed by atoms with Crippen LogP contribution in [0.15, 0.2) is 53.4 Å². The average molecular weight is 354 g/mol. The maximum Gasteiger partial charge on any atom is 0.240 e. The van der Waals surface area contributed by atoms with Crippen LogP contribution in [0.25, 0.3) is 0 Å². The van der Waals surface area contributed by atoms with Crippen molar-refractivity contribution in [1.29, 1.82) is 0 Å². The summed E-state index contributed by atoms with van der Waals surface area (Å²) in [7, 11) is 0. The summed E-state index contributed by atoms with van der Waals surface area (Å²) in [6, 6.07) is 15.9. The quantitative estimate of drug-likeness (QED) is 0.841. The second kappa shape index (κ2) is 7.31. The number of nitrogens with one attached hydrogen (secondary N) is 1. The van der Waals surface area contributed by atoms with E-state index in [9.17, 15) is 9.59 Å². The maximum atomic E-state index is 13.0. The van der Waals surface area contributed by atoms with E-state index in [1.165, 1.54) is 24.2 Å². The molecule has 2 unspecified atom stereocenters. The predicted octanol–water partition coefficient (Wildman–Crippen LogP) is 4.10. The Morgan fingerprint density at radius 3 is 2.52 bits per heavy atom.